The highest BCUT2D eigenvalue weighted by Gasteiger charge is 2.15. The van der Waals surface area contributed by atoms with Crippen LogP contribution in [-0.4, -0.2) is 20.4 Å². The molecule has 0 saturated heterocycles. The molecule has 0 spiro atoms. The fraction of sp³-hybridized carbons (Fsp3) is 0.0476. The van der Waals surface area contributed by atoms with Crippen molar-refractivity contribution in [1.29, 1.82) is 0 Å². The maximum atomic E-state index is 14.3. The second-order valence-electron chi connectivity index (χ2n) is 6.42. The Hall–Kier alpha value is -4.01. The molecule has 4 aromatic rings. The minimum absolute atomic E-state index is 0.189. The van der Waals surface area contributed by atoms with Crippen molar-refractivity contribution in [3.8, 4) is 5.69 Å². The Balaban J connectivity index is 1.76. The van der Waals surface area contributed by atoms with E-state index >= 15 is 0 Å². The number of carbonyl (C=O) groups is 1. The van der Waals surface area contributed by atoms with Crippen LogP contribution >= 0.6 is 0 Å². The van der Waals surface area contributed by atoms with Crippen molar-refractivity contribution < 1.29 is 18.0 Å². The summed E-state index contributed by atoms with van der Waals surface area (Å²) in [6.45, 7) is 1.60. The van der Waals surface area contributed by atoms with E-state index in [1.54, 1.807) is 19.1 Å². The number of carbonyl (C=O) groups excluding carboxylic acids is 1. The number of nitrogens with zero attached hydrogens (tertiary/aromatic N) is 3. The zero-order chi connectivity index (χ0) is 21.4. The number of nitrogens with one attached hydrogen (secondary N) is 1. The molecule has 0 radical (unpaired) electrons. The van der Waals surface area contributed by atoms with Crippen LogP contribution in [0.1, 0.15) is 16.2 Å². The number of hydrogen-bond acceptors (Lipinski definition) is 4. The summed E-state index contributed by atoms with van der Waals surface area (Å²) in [7, 11) is 0. The zero-order valence-corrected chi connectivity index (χ0v) is 15.5. The number of pyridine rings is 1. The van der Waals surface area contributed by atoms with E-state index in [0.29, 0.717) is 11.9 Å². The Kier molecular flexibility index (Phi) is 4.78. The average molecular weight is 410 g/mol. The van der Waals surface area contributed by atoms with Crippen LogP contribution < -0.4 is 10.9 Å². The molecule has 9 heteroatoms. The number of aromatic nitrogens is 3. The average Bonchev–Trinajstić information content (AvgIpc) is 2.72. The second-order valence-corrected chi connectivity index (χ2v) is 6.42. The number of halogens is 3. The van der Waals surface area contributed by atoms with Gasteiger partial charge < -0.3 is 5.32 Å². The Morgan fingerprint density at radius 3 is 2.53 bits per heavy atom. The molecule has 0 bridgehead atoms. The van der Waals surface area contributed by atoms with Crippen molar-refractivity contribution in [2.45, 2.75) is 6.92 Å². The summed E-state index contributed by atoms with van der Waals surface area (Å²) in [5, 5.41) is 2.59. The Labute approximate surface area is 167 Å². The van der Waals surface area contributed by atoms with Gasteiger partial charge in [0.25, 0.3) is 11.5 Å². The van der Waals surface area contributed by atoms with Crippen LogP contribution in [0.2, 0.25) is 0 Å². The highest BCUT2D eigenvalue weighted by atomic mass is 19.2. The maximum Gasteiger partial charge on any atom is 0.267 e. The van der Waals surface area contributed by atoms with Gasteiger partial charge in [0.15, 0.2) is 17.3 Å². The van der Waals surface area contributed by atoms with E-state index < -0.39 is 28.9 Å². The highest BCUT2D eigenvalue weighted by Crippen LogP contribution is 2.21. The Morgan fingerprint density at radius 2 is 1.77 bits per heavy atom. The summed E-state index contributed by atoms with van der Waals surface area (Å²) >= 11 is 0. The smallest absolute Gasteiger partial charge is 0.267 e. The molecule has 0 unspecified atom stereocenters. The quantitative estimate of drug-likeness (QED) is 0.558. The summed E-state index contributed by atoms with van der Waals surface area (Å²) in [6, 6.07) is 9.45. The largest absolute Gasteiger partial charge is 0.319 e. The molecule has 150 valence electrons. The highest BCUT2D eigenvalue weighted by molar-refractivity contribution is 6.04. The molecule has 2 aromatic heterocycles. The van der Waals surface area contributed by atoms with Crippen LogP contribution in [0.4, 0.5) is 18.9 Å². The lowest BCUT2D eigenvalue weighted by Gasteiger charge is -2.13. The zero-order valence-electron chi connectivity index (χ0n) is 15.5. The summed E-state index contributed by atoms with van der Waals surface area (Å²) in [6.07, 6.45) is 1.52. The second kappa shape index (κ2) is 7.43. The third-order valence-corrected chi connectivity index (χ3v) is 4.45. The van der Waals surface area contributed by atoms with E-state index in [1.165, 1.54) is 22.9 Å². The van der Waals surface area contributed by atoms with Gasteiger partial charge in [-0.3, -0.25) is 14.2 Å². The summed E-state index contributed by atoms with van der Waals surface area (Å²) < 4.78 is 42.0. The summed E-state index contributed by atoms with van der Waals surface area (Å²) in [4.78, 5) is 33.6. The third-order valence-electron chi connectivity index (χ3n) is 4.45. The number of aryl methyl sites for hydroxylation is 1. The number of anilines is 1. The molecule has 2 aromatic carbocycles. The van der Waals surface area contributed by atoms with Gasteiger partial charge in [-0.25, -0.2) is 23.1 Å². The van der Waals surface area contributed by atoms with Crippen molar-refractivity contribution in [2.75, 3.05) is 5.32 Å². The number of fused-ring (bicyclic) bond motifs is 1. The van der Waals surface area contributed by atoms with Gasteiger partial charge in [0, 0.05) is 11.8 Å². The Morgan fingerprint density at radius 1 is 1.00 bits per heavy atom. The fourth-order valence-corrected chi connectivity index (χ4v) is 3.01. The molecular weight excluding hydrogens is 397 g/mol. The predicted molar refractivity (Wildman–Crippen MR) is 104 cm³/mol. The normalized spacial score (nSPS) is 10.9. The molecular formula is C21H13F3N4O2. The lowest BCUT2D eigenvalue weighted by Crippen LogP contribution is -2.23. The van der Waals surface area contributed by atoms with Crippen LogP contribution in [0.5, 0.6) is 0 Å². The molecule has 2 heterocycles. The number of rotatable bonds is 3. The molecule has 0 aliphatic heterocycles. The molecule has 1 amide bonds. The van der Waals surface area contributed by atoms with Gasteiger partial charge in [0.05, 0.1) is 16.8 Å². The monoisotopic (exact) mass is 410 g/mol. The van der Waals surface area contributed by atoms with Crippen molar-refractivity contribution in [2.24, 2.45) is 0 Å². The van der Waals surface area contributed by atoms with Crippen LogP contribution in [0.15, 0.2) is 59.5 Å². The first-order valence-electron chi connectivity index (χ1n) is 8.76. The number of hydrogen-bond donors (Lipinski definition) is 1. The van der Waals surface area contributed by atoms with Crippen LogP contribution in [0.3, 0.4) is 0 Å². The minimum atomic E-state index is -1.20. The Bertz CT molecular complexity index is 1370. The molecule has 0 atom stereocenters. The maximum absolute atomic E-state index is 14.3. The summed E-state index contributed by atoms with van der Waals surface area (Å²) in [5.41, 5.74) is -0.289. The van der Waals surface area contributed by atoms with E-state index in [0.717, 1.165) is 18.2 Å². The van der Waals surface area contributed by atoms with Crippen molar-refractivity contribution >= 4 is 22.6 Å². The van der Waals surface area contributed by atoms with Gasteiger partial charge >= 0.3 is 0 Å². The number of amides is 1. The topological polar surface area (TPSA) is 76.9 Å². The van der Waals surface area contributed by atoms with E-state index in [1.807, 2.05) is 0 Å². The van der Waals surface area contributed by atoms with Gasteiger partial charge in [-0.2, -0.15) is 0 Å². The van der Waals surface area contributed by atoms with Crippen molar-refractivity contribution in [3.05, 3.63) is 93.9 Å². The van der Waals surface area contributed by atoms with Crippen molar-refractivity contribution in [1.82, 2.24) is 14.5 Å². The summed E-state index contributed by atoms with van der Waals surface area (Å²) in [5.74, 6) is -3.59. The first kappa shape index (κ1) is 19.3. The van der Waals surface area contributed by atoms with Gasteiger partial charge in [-0.05, 0) is 55.5 Å². The molecule has 1 N–H and O–H groups in total. The molecule has 6 nitrogen and oxygen atoms in total. The van der Waals surface area contributed by atoms with E-state index in [4.69, 9.17) is 0 Å². The predicted octanol–water partition coefficient (Wildman–Crippen LogP) is 3.76. The molecule has 0 fully saturated rings. The molecule has 30 heavy (non-hydrogen) atoms. The van der Waals surface area contributed by atoms with Crippen LogP contribution in [0, 0.1) is 24.4 Å². The molecule has 4 rings (SSSR count). The van der Waals surface area contributed by atoms with E-state index in [-0.39, 0.29) is 28.0 Å². The SMILES string of the molecule is Cc1nc2ncccc2c(=O)n1-c1ccc(F)c(NC(=O)c2ccc(F)c(F)c2)c1. The van der Waals surface area contributed by atoms with Crippen LogP contribution in [-0.2, 0) is 0 Å². The fourth-order valence-electron chi connectivity index (χ4n) is 3.01. The first-order chi connectivity index (χ1) is 14.3. The van der Waals surface area contributed by atoms with Gasteiger partial charge in [0.1, 0.15) is 11.6 Å². The molecule has 0 aliphatic carbocycles. The van der Waals surface area contributed by atoms with Crippen LogP contribution in [0.25, 0.3) is 16.7 Å². The van der Waals surface area contributed by atoms with Gasteiger partial charge in [0.2, 0.25) is 0 Å². The minimum Gasteiger partial charge on any atom is -0.319 e. The van der Waals surface area contributed by atoms with Gasteiger partial charge in [-0.1, -0.05) is 0 Å². The molecule has 0 saturated carbocycles. The van der Waals surface area contributed by atoms with E-state index in [2.05, 4.69) is 15.3 Å². The standard InChI is InChI=1S/C21H13F3N4O2/c1-11-26-19-14(3-2-8-25-19)21(30)28(11)13-5-7-16(23)18(10-13)27-20(29)12-4-6-15(22)17(24)9-12/h2-10H,1H3,(H,27,29). The lowest BCUT2D eigenvalue weighted by atomic mass is 10.2. The van der Waals surface area contributed by atoms with E-state index in [9.17, 15) is 22.8 Å². The lowest BCUT2D eigenvalue weighted by molar-refractivity contribution is 0.102. The van der Waals surface area contributed by atoms with Crippen molar-refractivity contribution in [3.63, 3.8) is 0 Å². The number of benzene rings is 2. The third kappa shape index (κ3) is 3.41. The van der Waals surface area contributed by atoms with Gasteiger partial charge in [-0.15, -0.1) is 0 Å². The molecule has 0 aliphatic rings. The first-order valence-corrected chi connectivity index (χ1v) is 8.76.